The van der Waals surface area contributed by atoms with Gasteiger partial charge in [0.2, 0.25) is 0 Å². The van der Waals surface area contributed by atoms with Crippen molar-refractivity contribution in [3.05, 3.63) is 29.1 Å². The van der Waals surface area contributed by atoms with Gasteiger partial charge in [-0.25, -0.2) is 14.6 Å². The number of carbonyl (C=O) groups is 2. The Bertz CT molecular complexity index is 417. The summed E-state index contributed by atoms with van der Waals surface area (Å²) in [6.07, 6.45) is 1.42. The van der Waals surface area contributed by atoms with Crippen LogP contribution in [-0.4, -0.2) is 31.1 Å². The predicted octanol–water partition coefficient (Wildman–Crippen LogP) is 0.114. The molecule has 6 heteroatoms. The molecular formula is C10H12N2O4. The Kier molecular flexibility index (Phi) is 3.96. The van der Waals surface area contributed by atoms with E-state index in [4.69, 9.17) is 5.73 Å². The van der Waals surface area contributed by atoms with Gasteiger partial charge in [0.05, 0.1) is 19.8 Å². The first-order valence-electron chi connectivity index (χ1n) is 4.49. The zero-order valence-electron chi connectivity index (χ0n) is 9.02. The molecule has 0 aromatic carbocycles. The first-order chi connectivity index (χ1) is 7.63. The summed E-state index contributed by atoms with van der Waals surface area (Å²) in [4.78, 5) is 26.6. The van der Waals surface area contributed by atoms with E-state index in [0.717, 1.165) is 0 Å². The van der Waals surface area contributed by atoms with Gasteiger partial charge in [-0.05, 0) is 11.6 Å². The Labute approximate surface area is 92.4 Å². The van der Waals surface area contributed by atoms with Gasteiger partial charge in [0.1, 0.15) is 0 Å². The zero-order chi connectivity index (χ0) is 12.1. The van der Waals surface area contributed by atoms with E-state index in [9.17, 15) is 9.59 Å². The van der Waals surface area contributed by atoms with Gasteiger partial charge in [-0.15, -0.1) is 0 Å². The molecule has 0 fully saturated rings. The molecule has 0 radical (unpaired) electrons. The van der Waals surface area contributed by atoms with Gasteiger partial charge in [-0.1, -0.05) is 0 Å². The monoisotopic (exact) mass is 224 g/mol. The highest BCUT2D eigenvalue weighted by Crippen LogP contribution is 2.11. The molecule has 2 N–H and O–H groups in total. The Morgan fingerprint density at radius 2 is 1.94 bits per heavy atom. The second-order valence-corrected chi connectivity index (χ2v) is 2.93. The average molecular weight is 224 g/mol. The van der Waals surface area contributed by atoms with E-state index in [0.29, 0.717) is 5.56 Å². The number of nitrogens with zero attached hydrogens (tertiary/aromatic N) is 1. The van der Waals surface area contributed by atoms with Crippen LogP contribution in [-0.2, 0) is 16.0 Å². The summed E-state index contributed by atoms with van der Waals surface area (Å²) in [5, 5.41) is 0. The number of pyridine rings is 1. The molecule has 0 bridgehead atoms. The Morgan fingerprint density at radius 3 is 2.44 bits per heavy atom. The highest BCUT2D eigenvalue weighted by molar-refractivity contribution is 6.01. The van der Waals surface area contributed by atoms with Gasteiger partial charge in [0, 0.05) is 12.7 Å². The summed E-state index contributed by atoms with van der Waals surface area (Å²) in [6.45, 7) is 0.221. The second kappa shape index (κ2) is 5.22. The van der Waals surface area contributed by atoms with E-state index in [2.05, 4.69) is 14.5 Å². The lowest BCUT2D eigenvalue weighted by atomic mass is 10.1. The van der Waals surface area contributed by atoms with Crippen LogP contribution in [0.15, 0.2) is 12.3 Å². The lowest BCUT2D eigenvalue weighted by molar-refractivity contribution is 0.0549. The number of ether oxygens (including phenoxy) is 2. The molecule has 0 saturated heterocycles. The number of carbonyl (C=O) groups excluding carboxylic acids is 2. The van der Waals surface area contributed by atoms with Crippen molar-refractivity contribution in [1.29, 1.82) is 0 Å². The third-order valence-electron chi connectivity index (χ3n) is 1.96. The van der Waals surface area contributed by atoms with Crippen molar-refractivity contribution in [2.45, 2.75) is 6.54 Å². The minimum atomic E-state index is -0.691. The van der Waals surface area contributed by atoms with Crippen molar-refractivity contribution in [2.24, 2.45) is 5.73 Å². The summed E-state index contributed by atoms with van der Waals surface area (Å²) in [5.74, 6) is -1.34. The maximum absolute atomic E-state index is 11.4. The van der Waals surface area contributed by atoms with Gasteiger partial charge in [-0.2, -0.15) is 0 Å². The molecule has 0 aliphatic carbocycles. The summed E-state index contributed by atoms with van der Waals surface area (Å²) in [6, 6.07) is 1.46. The Balaban J connectivity index is 3.26. The first kappa shape index (κ1) is 12.1. The molecule has 0 saturated carbocycles. The lowest BCUT2D eigenvalue weighted by Gasteiger charge is -2.06. The van der Waals surface area contributed by atoms with Gasteiger partial charge >= 0.3 is 11.9 Å². The molecule has 1 aromatic heterocycles. The van der Waals surface area contributed by atoms with E-state index in [1.807, 2.05) is 0 Å². The number of hydrogen-bond acceptors (Lipinski definition) is 6. The van der Waals surface area contributed by atoms with Crippen molar-refractivity contribution in [1.82, 2.24) is 4.98 Å². The molecule has 0 atom stereocenters. The van der Waals surface area contributed by atoms with Crippen molar-refractivity contribution in [2.75, 3.05) is 14.2 Å². The van der Waals surface area contributed by atoms with Crippen molar-refractivity contribution >= 4 is 11.9 Å². The molecule has 16 heavy (non-hydrogen) atoms. The standard InChI is InChI=1S/C10H12N2O4/c1-15-9(13)7-3-6(4-11)5-12-8(7)10(14)16-2/h3,5H,4,11H2,1-2H3. The summed E-state index contributed by atoms with van der Waals surface area (Å²) >= 11 is 0. The van der Waals surface area contributed by atoms with E-state index < -0.39 is 11.9 Å². The fourth-order valence-electron chi connectivity index (χ4n) is 1.14. The highest BCUT2D eigenvalue weighted by Gasteiger charge is 2.20. The van der Waals surface area contributed by atoms with E-state index in [-0.39, 0.29) is 17.8 Å². The maximum Gasteiger partial charge on any atom is 0.357 e. The van der Waals surface area contributed by atoms with E-state index in [1.54, 1.807) is 0 Å². The molecule has 1 rings (SSSR count). The molecule has 0 spiro atoms. The van der Waals surface area contributed by atoms with Crippen molar-refractivity contribution in [3.8, 4) is 0 Å². The molecule has 1 aromatic rings. The number of rotatable bonds is 3. The van der Waals surface area contributed by atoms with Crippen LogP contribution in [0.2, 0.25) is 0 Å². The second-order valence-electron chi connectivity index (χ2n) is 2.93. The number of aromatic nitrogens is 1. The number of methoxy groups -OCH3 is 2. The van der Waals surface area contributed by atoms with E-state index in [1.165, 1.54) is 26.5 Å². The smallest absolute Gasteiger partial charge is 0.357 e. The normalized spacial score (nSPS) is 9.69. The molecule has 0 amide bonds. The summed E-state index contributed by atoms with van der Waals surface area (Å²) in [7, 11) is 2.43. The average Bonchev–Trinajstić information content (AvgIpc) is 2.36. The quantitative estimate of drug-likeness (QED) is 0.733. The van der Waals surface area contributed by atoms with E-state index >= 15 is 0 Å². The Hall–Kier alpha value is -1.95. The minimum absolute atomic E-state index is 0.0531. The molecule has 86 valence electrons. The molecule has 1 heterocycles. The predicted molar refractivity (Wildman–Crippen MR) is 54.8 cm³/mol. The van der Waals surface area contributed by atoms with Crippen LogP contribution >= 0.6 is 0 Å². The number of hydrogen-bond donors (Lipinski definition) is 1. The molecule has 0 aliphatic rings. The third-order valence-corrected chi connectivity index (χ3v) is 1.96. The molecule has 0 unspecified atom stereocenters. The van der Waals surface area contributed by atoms with Crippen LogP contribution in [0.5, 0.6) is 0 Å². The van der Waals surface area contributed by atoms with Gasteiger partial charge in [-0.3, -0.25) is 0 Å². The number of esters is 2. The molecule has 0 aliphatic heterocycles. The van der Waals surface area contributed by atoms with Crippen LogP contribution in [0.4, 0.5) is 0 Å². The van der Waals surface area contributed by atoms with Gasteiger partial charge in [0.15, 0.2) is 5.69 Å². The van der Waals surface area contributed by atoms with Crippen molar-refractivity contribution in [3.63, 3.8) is 0 Å². The molecular weight excluding hydrogens is 212 g/mol. The largest absolute Gasteiger partial charge is 0.465 e. The third kappa shape index (κ3) is 2.34. The first-order valence-corrected chi connectivity index (χ1v) is 4.49. The lowest BCUT2D eigenvalue weighted by Crippen LogP contribution is -2.15. The minimum Gasteiger partial charge on any atom is -0.465 e. The Morgan fingerprint density at radius 1 is 1.31 bits per heavy atom. The fraction of sp³-hybridized carbons (Fsp3) is 0.300. The van der Waals surface area contributed by atoms with Gasteiger partial charge < -0.3 is 15.2 Å². The SMILES string of the molecule is COC(=O)c1cc(CN)cnc1C(=O)OC. The zero-order valence-corrected chi connectivity index (χ0v) is 9.02. The van der Waals surface area contributed by atoms with Gasteiger partial charge in [0.25, 0.3) is 0 Å². The van der Waals surface area contributed by atoms with Crippen LogP contribution in [0, 0.1) is 0 Å². The highest BCUT2D eigenvalue weighted by atomic mass is 16.5. The van der Waals surface area contributed by atoms with Crippen LogP contribution < -0.4 is 5.73 Å². The fourth-order valence-corrected chi connectivity index (χ4v) is 1.14. The van der Waals surface area contributed by atoms with Crippen LogP contribution in [0.3, 0.4) is 0 Å². The number of nitrogens with two attached hydrogens (primary N) is 1. The summed E-state index contributed by atoms with van der Waals surface area (Å²) < 4.78 is 9.05. The topological polar surface area (TPSA) is 91.5 Å². The van der Waals surface area contributed by atoms with Crippen molar-refractivity contribution < 1.29 is 19.1 Å². The summed E-state index contributed by atoms with van der Waals surface area (Å²) in [5.41, 5.74) is 6.02. The van der Waals surface area contributed by atoms with Crippen LogP contribution in [0.1, 0.15) is 26.4 Å². The maximum atomic E-state index is 11.4. The van der Waals surface area contributed by atoms with Crippen LogP contribution in [0.25, 0.3) is 0 Å². The molecule has 6 nitrogen and oxygen atoms in total.